The number of ether oxygens (including phenoxy) is 1. The molecule has 0 saturated heterocycles. The minimum Gasteiger partial charge on any atom is -0.383 e. The highest BCUT2D eigenvalue weighted by Gasteiger charge is 2.16. The standard InChI is InChI=1S/C24H31N3O2/c1-17(21-9-7-6-8-10-21)11-12-26-24(28)23(15-25)14-22-13-18(2)27(20(22)4)19(3)16-29-5/h6-10,13-14,17,19H,11-12,16H2,1-5H3,(H,26,28)/b23-14+. The number of nitrogens with one attached hydrogen (secondary N) is 1. The molecule has 29 heavy (non-hydrogen) atoms. The van der Waals surface area contributed by atoms with Crippen molar-refractivity contribution in [3.05, 3.63) is 64.5 Å². The van der Waals surface area contributed by atoms with Gasteiger partial charge in [0.2, 0.25) is 0 Å². The molecule has 154 valence electrons. The van der Waals surface area contributed by atoms with Gasteiger partial charge in [-0.1, -0.05) is 37.3 Å². The van der Waals surface area contributed by atoms with Crippen molar-refractivity contribution in [3.63, 3.8) is 0 Å². The molecule has 0 radical (unpaired) electrons. The zero-order chi connectivity index (χ0) is 21.4. The first-order chi connectivity index (χ1) is 13.9. The molecule has 0 bridgehead atoms. The third kappa shape index (κ3) is 5.82. The molecular weight excluding hydrogens is 362 g/mol. The van der Waals surface area contributed by atoms with E-state index in [4.69, 9.17) is 4.74 Å². The second kappa shape index (κ2) is 10.6. The third-order valence-electron chi connectivity index (χ3n) is 5.27. The van der Waals surface area contributed by atoms with E-state index in [9.17, 15) is 10.1 Å². The number of hydrogen-bond acceptors (Lipinski definition) is 3. The first-order valence-corrected chi connectivity index (χ1v) is 10.0. The Morgan fingerprint density at radius 1 is 1.28 bits per heavy atom. The minimum atomic E-state index is -0.331. The Hall–Kier alpha value is -2.84. The van der Waals surface area contributed by atoms with E-state index in [0.717, 1.165) is 23.4 Å². The van der Waals surface area contributed by atoms with Crippen molar-refractivity contribution in [1.82, 2.24) is 9.88 Å². The molecule has 0 fully saturated rings. The molecule has 1 N–H and O–H groups in total. The molecule has 0 aliphatic carbocycles. The molecule has 2 aromatic rings. The number of methoxy groups -OCH3 is 1. The lowest BCUT2D eigenvalue weighted by molar-refractivity contribution is -0.117. The quantitative estimate of drug-likeness (QED) is 0.503. The SMILES string of the molecule is COCC(C)n1c(C)cc(/C=C(\C#N)C(=O)NCCC(C)c2ccccc2)c1C. The van der Waals surface area contributed by atoms with Gasteiger partial charge in [-0.05, 0) is 56.4 Å². The van der Waals surface area contributed by atoms with Crippen LogP contribution in [0.2, 0.25) is 0 Å². The van der Waals surface area contributed by atoms with E-state index < -0.39 is 0 Å². The van der Waals surface area contributed by atoms with Gasteiger partial charge >= 0.3 is 0 Å². The number of benzene rings is 1. The summed E-state index contributed by atoms with van der Waals surface area (Å²) < 4.78 is 7.43. The zero-order valence-corrected chi connectivity index (χ0v) is 18.0. The first-order valence-electron chi connectivity index (χ1n) is 10.0. The Balaban J connectivity index is 2.05. The molecule has 5 nitrogen and oxygen atoms in total. The minimum absolute atomic E-state index is 0.122. The third-order valence-corrected chi connectivity index (χ3v) is 5.27. The summed E-state index contributed by atoms with van der Waals surface area (Å²) in [6, 6.07) is 14.4. The van der Waals surface area contributed by atoms with Gasteiger partial charge in [-0.25, -0.2) is 0 Å². The number of hydrogen-bond donors (Lipinski definition) is 1. The summed E-state index contributed by atoms with van der Waals surface area (Å²) in [7, 11) is 1.68. The van der Waals surface area contributed by atoms with Crippen molar-refractivity contribution < 1.29 is 9.53 Å². The normalized spacial score (nSPS) is 13.6. The van der Waals surface area contributed by atoms with E-state index in [1.165, 1.54) is 5.56 Å². The van der Waals surface area contributed by atoms with E-state index in [1.54, 1.807) is 13.2 Å². The topological polar surface area (TPSA) is 67.0 Å². The Kier molecular flexibility index (Phi) is 8.23. The second-order valence-electron chi connectivity index (χ2n) is 7.53. The van der Waals surface area contributed by atoms with E-state index in [1.807, 2.05) is 44.2 Å². The van der Waals surface area contributed by atoms with E-state index in [2.05, 4.69) is 35.9 Å². The van der Waals surface area contributed by atoms with Crippen LogP contribution in [0.25, 0.3) is 6.08 Å². The molecule has 1 aromatic heterocycles. The van der Waals surface area contributed by atoms with Gasteiger partial charge in [0, 0.05) is 25.0 Å². The molecule has 1 heterocycles. The van der Waals surface area contributed by atoms with Gasteiger partial charge in [-0.2, -0.15) is 5.26 Å². The van der Waals surface area contributed by atoms with Crippen molar-refractivity contribution in [2.24, 2.45) is 0 Å². The van der Waals surface area contributed by atoms with Crippen LogP contribution in [0, 0.1) is 25.2 Å². The van der Waals surface area contributed by atoms with Crippen molar-refractivity contribution in [1.29, 1.82) is 5.26 Å². The maximum absolute atomic E-state index is 12.5. The predicted octanol–water partition coefficient (Wildman–Crippen LogP) is 4.53. The zero-order valence-electron chi connectivity index (χ0n) is 18.0. The van der Waals surface area contributed by atoms with Crippen molar-refractivity contribution in [2.45, 2.75) is 46.1 Å². The highest BCUT2D eigenvalue weighted by atomic mass is 16.5. The molecule has 1 amide bonds. The van der Waals surface area contributed by atoms with Gasteiger partial charge in [0.1, 0.15) is 11.6 Å². The summed E-state index contributed by atoms with van der Waals surface area (Å²) in [6.45, 7) is 9.37. The maximum Gasteiger partial charge on any atom is 0.261 e. The lowest BCUT2D eigenvalue weighted by atomic mass is 9.98. The Bertz CT molecular complexity index is 891. The fourth-order valence-electron chi connectivity index (χ4n) is 3.69. The van der Waals surface area contributed by atoms with E-state index in [-0.39, 0.29) is 17.5 Å². The predicted molar refractivity (Wildman–Crippen MR) is 117 cm³/mol. The molecule has 0 aliphatic rings. The van der Waals surface area contributed by atoms with Crippen LogP contribution in [-0.4, -0.2) is 30.7 Å². The summed E-state index contributed by atoms with van der Waals surface area (Å²) in [5.74, 6) is 0.00900. The van der Waals surface area contributed by atoms with Gasteiger partial charge in [0.05, 0.1) is 12.6 Å². The number of carbonyl (C=O) groups excluding carboxylic acids is 1. The molecule has 2 rings (SSSR count). The van der Waals surface area contributed by atoms with Crippen LogP contribution < -0.4 is 5.32 Å². The average molecular weight is 394 g/mol. The lowest BCUT2D eigenvalue weighted by Crippen LogP contribution is -2.26. The van der Waals surface area contributed by atoms with E-state index in [0.29, 0.717) is 19.1 Å². The Labute approximate surface area is 174 Å². The summed E-state index contributed by atoms with van der Waals surface area (Å²) >= 11 is 0. The van der Waals surface area contributed by atoms with Gasteiger partial charge in [-0.15, -0.1) is 0 Å². The summed E-state index contributed by atoms with van der Waals surface area (Å²) in [4.78, 5) is 12.5. The van der Waals surface area contributed by atoms with Gasteiger partial charge < -0.3 is 14.6 Å². The van der Waals surface area contributed by atoms with Crippen LogP contribution in [0.3, 0.4) is 0 Å². The molecule has 2 unspecified atom stereocenters. The molecule has 0 spiro atoms. The number of aryl methyl sites for hydroxylation is 1. The fourth-order valence-corrected chi connectivity index (χ4v) is 3.69. The van der Waals surface area contributed by atoms with E-state index >= 15 is 0 Å². The van der Waals surface area contributed by atoms with Crippen LogP contribution in [0.15, 0.2) is 42.0 Å². The number of rotatable bonds is 9. The second-order valence-corrected chi connectivity index (χ2v) is 7.53. The molecule has 1 aromatic carbocycles. The van der Waals surface area contributed by atoms with Crippen molar-refractivity contribution >= 4 is 12.0 Å². The van der Waals surface area contributed by atoms with Crippen LogP contribution in [-0.2, 0) is 9.53 Å². The smallest absolute Gasteiger partial charge is 0.261 e. The summed E-state index contributed by atoms with van der Waals surface area (Å²) in [6.07, 6.45) is 2.49. The van der Waals surface area contributed by atoms with Crippen LogP contribution >= 0.6 is 0 Å². The molecule has 5 heteroatoms. The Morgan fingerprint density at radius 2 is 1.97 bits per heavy atom. The van der Waals surface area contributed by atoms with Gasteiger partial charge in [0.15, 0.2) is 0 Å². The molecule has 0 aliphatic heterocycles. The number of nitrogens with zero attached hydrogens (tertiary/aromatic N) is 2. The van der Waals surface area contributed by atoms with Crippen LogP contribution in [0.1, 0.15) is 54.7 Å². The van der Waals surface area contributed by atoms with Crippen LogP contribution in [0.4, 0.5) is 0 Å². The highest BCUT2D eigenvalue weighted by molar-refractivity contribution is 6.01. The maximum atomic E-state index is 12.5. The van der Waals surface area contributed by atoms with Crippen LogP contribution in [0.5, 0.6) is 0 Å². The summed E-state index contributed by atoms with van der Waals surface area (Å²) in [5, 5.41) is 12.4. The lowest BCUT2D eigenvalue weighted by Gasteiger charge is -2.17. The molecule has 0 saturated carbocycles. The number of carbonyl (C=O) groups is 1. The van der Waals surface area contributed by atoms with Crippen molar-refractivity contribution in [2.75, 3.05) is 20.3 Å². The highest BCUT2D eigenvalue weighted by Crippen LogP contribution is 2.23. The molecular formula is C24H31N3O2. The van der Waals surface area contributed by atoms with Gasteiger partial charge in [0.25, 0.3) is 5.91 Å². The first kappa shape index (κ1) is 22.4. The monoisotopic (exact) mass is 393 g/mol. The largest absolute Gasteiger partial charge is 0.383 e. The fraction of sp³-hybridized carbons (Fsp3) is 0.417. The summed E-state index contributed by atoms with van der Waals surface area (Å²) in [5.41, 5.74) is 4.35. The number of amides is 1. The van der Waals surface area contributed by atoms with Crippen molar-refractivity contribution in [3.8, 4) is 6.07 Å². The Morgan fingerprint density at radius 3 is 2.59 bits per heavy atom. The number of nitriles is 1. The number of aromatic nitrogens is 1. The average Bonchev–Trinajstić information content (AvgIpc) is 2.99. The van der Waals surface area contributed by atoms with Gasteiger partial charge in [-0.3, -0.25) is 4.79 Å². The molecule has 2 atom stereocenters.